The molecule has 0 aromatic heterocycles. The summed E-state index contributed by atoms with van der Waals surface area (Å²) in [5.41, 5.74) is 1.77. The molecular formula is C20H23FN2O2. The number of rotatable bonds is 7. The number of benzene rings is 2. The van der Waals surface area contributed by atoms with Gasteiger partial charge in [0.1, 0.15) is 17.6 Å². The van der Waals surface area contributed by atoms with E-state index < -0.39 is 6.04 Å². The van der Waals surface area contributed by atoms with Gasteiger partial charge in [0.25, 0.3) is 0 Å². The summed E-state index contributed by atoms with van der Waals surface area (Å²) in [5, 5.41) is 3.06. The van der Waals surface area contributed by atoms with Crippen molar-refractivity contribution in [2.45, 2.75) is 31.5 Å². The van der Waals surface area contributed by atoms with E-state index in [0.29, 0.717) is 6.54 Å². The van der Waals surface area contributed by atoms with Crippen molar-refractivity contribution in [2.24, 2.45) is 0 Å². The first kappa shape index (κ1) is 17.4. The molecule has 0 saturated heterocycles. The topological polar surface area (TPSA) is 41.6 Å². The fraction of sp³-hybridized carbons (Fsp3) is 0.350. The average Bonchev–Trinajstić information content (AvgIpc) is 3.41. The van der Waals surface area contributed by atoms with Crippen LogP contribution in [0.3, 0.4) is 0 Å². The van der Waals surface area contributed by atoms with Gasteiger partial charge in [-0.3, -0.25) is 9.69 Å². The van der Waals surface area contributed by atoms with Gasteiger partial charge >= 0.3 is 0 Å². The van der Waals surface area contributed by atoms with Gasteiger partial charge in [-0.1, -0.05) is 30.3 Å². The number of methoxy groups -OCH3 is 1. The molecule has 1 fully saturated rings. The quantitative estimate of drug-likeness (QED) is 0.839. The largest absolute Gasteiger partial charge is 0.496 e. The van der Waals surface area contributed by atoms with Crippen molar-refractivity contribution in [1.29, 1.82) is 0 Å². The van der Waals surface area contributed by atoms with E-state index in [2.05, 4.69) is 5.32 Å². The fourth-order valence-electron chi connectivity index (χ4n) is 2.95. The summed E-state index contributed by atoms with van der Waals surface area (Å²) in [7, 11) is 3.53. The lowest BCUT2D eigenvalue weighted by Crippen LogP contribution is -2.39. The van der Waals surface area contributed by atoms with E-state index >= 15 is 0 Å². The minimum absolute atomic E-state index is 0.0495. The van der Waals surface area contributed by atoms with Crippen LogP contribution in [-0.2, 0) is 11.3 Å². The van der Waals surface area contributed by atoms with Crippen LogP contribution < -0.4 is 10.1 Å². The van der Waals surface area contributed by atoms with Crippen LogP contribution in [0.15, 0.2) is 48.5 Å². The maximum Gasteiger partial charge on any atom is 0.242 e. The number of amides is 1. The molecule has 25 heavy (non-hydrogen) atoms. The Balaban J connectivity index is 1.84. The van der Waals surface area contributed by atoms with Gasteiger partial charge in [0.2, 0.25) is 5.91 Å². The standard InChI is InChI=1S/C20H23FN2O2/c1-23(13-15-5-3-4-6-18(15)25-2)19(20(24)22-17-11-12-17)14-7-9-16(21)10-8-14/h3-10,17,19H,11-13H2,1-2H3,(H,22,24)/t19-/m1/s1. The summed E-state index contributed by atoms with van der Waals surface area (Å²) in [4.78, 5) is 14.7. The first-order valence-corrected chi connectivity index (χ1v) is 8.46. The van der Waals surface area contributed by atoms with E-state index in [0.717, 1.165) is 29.7 Å². The molecule has 0 heterocycles. The lowest BCUT2D eigenvalue weighted by molar-refractivity contribution is -0.126. The summed E-state index contributed by atoms with van der Waals surface area (Å²) in [5.74, 6) is 0.429. The lowest BCUT2D eigenvalue weighted by Gasteiger charge is -2.28. The number of hydrogen-bond acceptors (Lipinski definition) is 3. The Bertz CT molecular complexity index is 729. The van der Waals surface area contributed by atoms with E-state index in [1.165, 1.54) is 12.1 Å². The Morgan fingerprint density at radius 3 is 2.56 bits per heavy atom. The zero-order valence-electron chi connectivity index (χ0n) is 14.5. The summed E-state index contributed by atoms with van der Waals surface area (Å²) in [6, 6.07) is 13.7. The molecule has 5 heteroatoms. The van der Waals surface area contributed by atoms with Crippen LogP contribution in [0.2, 0.25) is 0 Å². The molecule has 2 aromatic rings. The Labute approximate surface area is 147 Å². The molecule has 1 amide bonds. The molecule has 0 radical (unpaired) electrons. The Morgan fingerprint density at radius 2 is 1.92 bits per heavy atom. The van der Waals surface area contributed by atoms with Crippen LogP contribution in [0, 0.1) is 5.82 Å². The van der Waals surface area contributed by atoms with E-state index in [1.54, 1.807) is 19.2 Å². The minimum Gasteiger partial charge on any atom is -0.496 e. The third-order valence-electron chi connectivity index (χ3n) is 4.41. The molecule has 3 rings (SSSR count). The first-order valence-electron chi connectivity index (χ1n) is 8.46. The Morgan fingerprint density at radius 1 is 1.24 bits per heavy atom. The van der Waals surface area contributed by atoms with E-state index in [4.69, 9.17) is 4.74 Å². The van der Waals surface area contributed by atoms with Crippen molar-refractivity contribution in [3.63, 3.8) is 0 Å². The highest BCUT2D eigenvalue weighted by molar-refractivity contribution is 5.83. The first-order chi connectivity index (χ1) is 12.1. The van der Waals surface area contributed by atoms with Crippen molar-refractivity contribution in [3.05, 3.63) is 65.5 Å². The molecule has 1 aliphatic carbocycles. The van der Waals surface area contributed by atoms with Crippen molar-refractivity contribution in [1.82, 2.24) is 10.2 Å². The van der Waals surface area contributed by atoms with Crippen molar-refractivity contribution >= 4 is 5.91 Å². The summed E-state index contributed by atoms with van der Waals surface area (Å²) < 4.78 is 18.7. The van der Waals surface area contributed by atoms with Crippen molar-refractivity contribution in [2.75, 3.05) is 14.2 Å². The molecule has 0 aliphatic heterocycles. The molecule has 0 spiro atoms. The van der Waals surface area contributed by atoms with E-state index in [-0.39, 0.29) is 17.8 Å². The highest BCUT2D eigenvalue weighted by Gasteiger charge is 2.31. The van der Waals surface area contributed by atoms with Gasteiger partial charge in [-0.05, 0) is 43.7 Å². The maximum absolute atomic E-state index is 13.3. The third-order valence-corrected chi connectivity index (χ3v) is 4.41. The van der Waals surface area contributed by atoms with Crippen LogP contribution >= 0.6 is 0 Å². The number of nitrogens with zero attached hydrogens (tertiary/aromatic N) is 1. The number of halogens is 1. The molecule has 1 atom stereocenters. The minimum atomic E-state index is -0.480. The molecule has 1 aliphatic rings. The highest BCUT2D eigenvalue weighted by atomic mass is 19.1. The third kappa shape index (κ3) is 4.37. The van der Waals surface area contributed by atoms with Crippen LogP contribution in [0.25, 0.3) is 0 Å². The number of nitrogens with one attached hydrogen (secondary N) is 1. The molecule has 132 valence electrons. The molecule has 0 bridgehead atoms. The Hall–Kier alpha value is -2.40. The van der Waals surface area contributed by atoms with Gasteiger partial charge in [0.05, 0.1) is 7.11 Å². The van der Waals surface area contributed by atoms with E-state index in [9.17, 15) is 9.18 Å². The SMILES string of the molecule is COc1ccccc1CN(C)[C@@H](C(=O)NC1CC1)c1ccc(F)cc1. The monoisotopic (exact) mass is 342 g/mol. The van der Waals surface area contributed by atoms with Crippen LogP contribution in [0.1, 0.15) is 30.0 Å². The summed E-state index contributed by atoms with van der Waals surface area (Å²) >= 11 is 0. The second kappa shape index (κ2) is 7.66. The van der Waals surface area contributed by atoms with Crippen LogP contribution in [0.5, 0.6) is 5.75 Å². The predicted octanol–water partition coefficient (Wildman–Crippen LogP) is 3.29. The number of carbonyl (C=O) groups is 1. The van der Waals surface area contributed by atoms with Gasteiger partial charge in [-0.2, -0.15) is 0 Å². The molecule has 1 N–H and O–H groups in total. The maximum atomic E-state index is 13.3. The van der Waals surface area contributed by atoms with Crippen LogP contribution in [0.4, 0.5) is 4.39 Å². The van der Waals surface area contributed by atoms with Crippen molar-refractivity contribution < 1.29 is 13.9 Å². The summed E-state index contributed by atoms with van der Waals surface area (Å²) in [6.07, 6.45) is 2.05. The lowest BCUT2D eigenvalue weighted by atomic mass is 10.0. The van der Waals surface area contributed by atoms with Gasteiger partial charge in [0, 0.05) is 18.2 Å². The van der Waals surface area contributed by atoms with Gasteiger partial charge in [-0.15, -0.1) is 0 Å². The molecule has 1 saturated carbocycles. The number of likely N-dealkylation sites (N-methyl/N-ethyl adjacent to an activating group) is 1. The molecular weight excluding hydrogens is 319 g/mol. The van der Waals surface area contributed by atoms with Gasteiger partial charge in [-0.25, -0.2) is 4.39 Å². The van der Waals surface area contributed by atoms with Gasteiger partial charge in [0.15, 0.2) is 0 Å². The normalized spacial score (nSPS) is 15.0. The molecule has 0 unspecified atom stereocenters. The zero-order chi connectivity index (χ0) is 17.8. The second-order valence-electron chi connectivity index (χ2n) is 6.46. The second-order valence-corrected chi connectivity index (χ2v) is 6.46. The number of carbonyl (C=O) groups excluding carboxylic acids is 1. The Kier molecular flexibility index (Phi) is 5.34. The van der Waals surface area contributed by atoms with E-state index in [1.807, 2.05) is 36.2 Å². The molecule has 4 nitrogen and oxygen atoms in total. The smallest absolute Gasteiger partial charge is 0.242 e. The predicted molar refractivity (Wildman–Crippen MR) is 94.8 cm³/mol. The number of ether oxygens (including phenoxy) is 1. The fourth-order valence-corrected chi connectivity index (χ4v) is 2.95. The number of para-hydroxylation sites is 1. The summed E-state index contributed by atoms with van der Waals surface area (Å²) in [6.45, 7) is 0.546. The average molecular weight is 342 g/mol. The highest BCUT2D eigenvalue weighted by Crippen LogP contribution is 2.27. The number of hydrogen-bond donors (Lipinski definition) is 1. The molecule has 2 aromatic carbocycles. The zero-order valence-corrected chi connectivity index (χ0v) is 14.5. The van der Waals surface area contributed by atoms with Gasteiger partial charge < -0.3 is 10.1 Å². The van der Waals surface area contributed by atoms with Crippen molar-refractivity contribution in [3.8, 4) is 5.75 Å². The van der Waals surface area contributed by atoms with Crippen LogP contribution in [-0.4, -0.2) is 31.0 Å².